The summed E-state index contributed by atoms with van der Waals surface area (Å²) < 4.78 is 0. The molecule has 4 nitrogen and oxygen atoms in total. The molecule has 0 spiro atoms. The number of aliphatic hydroxyl groups is 4. The minimum atomic E-state index is -1.12. The van der Waals surface area contributed by atoms with Crippen molar-refractivity contribution in [2.75, 3.05) is 13.2 Å². The lowest BCUT2D eigenvalue weighted by Crippen LogP contribution is -2.04. The second-order valence-corrected chi connectivity index (χ2v) is 2.36. The number of hydrogen-bond donors (Lipinski definition) is 4. The topological polar surface area (TPSA) is 80.9 Å². The molecule has 0 heterocycles. The smallest absolute Gasteiger partial charge is 0.151 e. The van der Waals surface area contributed by atoms with Crippen LogP contribution in [0, 0.1) is 5.92 Å². The van der Waals surface area contributed by atoms with Gasteiger partial charge < -0.3 is 20.4 Å². The van der Waals surface area contributed by atoms with Gasteiger partial charge in [0.15, 0.2) is 6.29 Å². The molecule has 0 bridgehead atoms. The normalized spacial score (nSPS) is 9.82. The van der Waals surface area contributed by atoms with Crippen LogP contribution in [0.1, 0.15) is 20.3 Å². The monoisotopic (exact) mass is 166 g/mol. The predicted octanol–water partition coefficient (Wildman–Crippen LogP) is -0.686. The molecular weight excluding hydrogens is 148 g/mol. The molecule has 0 rings (SSSR count). The molecule has 0 aromatic carbocycles. The van der Waals surface area contributed by atoms with Crippen LogP contribution in [0.2, 0.25) is 0 Å². The molecule has 70 valence electrons. The average molecular weight is 166 g/mol. The zero-order valence-corrected chi connectivity index (χ0v) is 7.06. The van der Waals surface area contributed by atoms with E-state index in [-0.39, 0.29) is 19.1 Å². The van der Waals surface area contributed by atoms with Crippen molar-refractivity contribution in [1.29, 1.82) is 0 Å². The van der Waals surface area contributed by atoms with E-state index in [4.69, 9.17) is 20.4 Å². The van der Waals surface area contributed by atoms with Crippen molar-refractivity contribution in [2.24, 2.45) is 5.92 Å². The molecule has 0 aliphatic rings. The Kier molecular flexibility index (Phi) is 12.0. The molecule has 0 radical (unpaired) electrons. The summed E-state index contributed by atoms with van der Waals surface area (Å²) in [6.07, 6.45) is -0.699. The SMILES string of the molecule is CC(CO)CO.CCC(O)O. The molecule has 0 aliphatic heterocycles. The molecule has 0 aromatic rings. The van der Waals surface area contributed by atoms with E-state index in [0.717, 1.165) is 0 Å². The maximum atomic E-state index is 8.17. The Hall–Kier alpha value is -0.160. The largest absolute Gasteiger partial charge is 0.396 e. The van der Waals surface area contributed by atoms with Gasteiger partial charge in [-0.2, -0.15) is 0 Å². The van der Waals surface area contributed by atoms with Crippen molar-refractivity contribution in [2.45, 2.75) is 26.6 Å². The Bertz CT molecular complexity index is 61.5. The first-order chi connectivity index (χ1) is 5.08. The van der Waals surface area contributed by atoms with E-state index in [2.05, 4.69) is 0 Å². The molecule has 11 heavy (non-hydrogen) atoms. The molecule has 0 amide bonds. The Morgan fingerprint density at radius 1 is 1.09 bits per heavy atom. The Morgan fingerprint density at radius 2 is 1.36 bits per heavy atom. The van der Waals surface area contributed by atoms with Crippen molar-refractivity contribution in [3.05, 3.63) is 0 Å². The third-order valence-electron chi connectivity index (χ3n) is 0.988. The first-order valence-corrected chi connectivity index (χ1v) is 3.66. The molecule has 4 heteroatoms. The lowest BCUT2D eigenvalue weighted by atomic mass is 10.2. The van der Waals surface area contributed by atoms with Crippen molar-refractivity contribution in [3.63, 3.8) is 0 Å². The quantitative estimate of drug-likeness (QED) is 0.418. The number of aliphatic hydroxyl groups excluding tert-OH is 3. The van der Waals surface area contributed by atoms with Gasteiger partial charge in [-0.15, -0.1) is 0 Å². The maximum Gasteiger partial charge on any atom is 0.151 e. The minimum absolute atomic E-state index is 0.0463. The van der Waals surface area contributed by atoms with Gasteiger partial charge in [-0.25, -0.2) is 0 Å². The summed E-state index contributed by atoms with van der Waals surface area (Å²) in [4.78, 5) is 0. The van der Waals surface area contributed by atoms with E-state index < -0.39 is 6.29 Å². The molecule has 0 aliphatic carbocycles. The van der Waals surface area contributed by atoms with Gasteiger partial charge in [0.25, 0.3) is 0 Å². The van der Waals surface area contributed by atoms with E-state index in [0.29, 0.717) is 6.42 Å². The van der Waals surface area contributed by atoms with E-state index in [9.17, 15) is 0 Å². The third kappa shape index (κ3) is 17.7. The maximum absolute atomic E-state index is 8.17. The average Bonchev–Trinajstić information content (AvgIpc) is 2.04. The highest BCUT2D eigenvalue weighted by molar-refractivity contribution is 4.41. The molecule has 4 N–H and O–H groups in total. The van der Waals surface area contributed by atoms with Gasteiger partial charge in [0, 0.05) is 19.1 Å². The summed E-state index contributed by atoms with van der Waals surface area (Å²) in [5.41, 5.74) is 0. The summed E-state index contributed by atoms with van der Waals surface area (Å²) >= 11 is 0. The van der Waals surface area contributed by atoms with Gasteiger partial charge in [0.2, 0.25) is 0 Å². The molecule has 0 saturated carbocycles. The highest BCUT2D eigenvalue weighted by Crippen LogP contribution is 1.85. The Labute approximate surface area is 67.1 Å². The highest BCUT2D eigenvalue weighted by atomic mass is 16.5. The van der Waals surface area contributed by atoms with Crippen LogP contribution in [0.15, 0.2) is 0 Å². The Morgan fingerprint density at radius 3 is 1.36 bits per heavy atom. The zero-order valence-electron chi connectivity index (χ0n) is 7.06. The van der Waals surface area contributed by atoms with Crippen molar-refractivity contribution in [1.82, 2.24) is 0 Å². The van der Waals surface area contributed by atoms with Crippen LogP contribution in [-0.2, 0) is 0 Å². The Balaban J connectivity index is 0. The van der Waals surface area contributed by atoms with Crippen LogP contribution in [0.5, 0.6) is 0 Å². The fourth-order valence-electron chi connectivity index (χ4n) is 0.0577. The van der Waals surface area contributed by atoms with Crippen molar-refractivity contribution < 1.29 is 20.4 Å². The van der Waals surface area contributed by atoms with Crippen LogP contribution >= 0.6 is 0 Å². The molecular formula is C7H18O4. The second-order valence-electron chi connectivity index (χ2n) is 2.36. The molecule has 0 fully saturated rings. The predicted molar refractivity (Wildman–Crippen MR) is 41.9 cm³/mol. The number of rotatable bonds is 3. The van der Waals surface area contributed by atoms with Crippen LogP contribution < -0.4 is 0 Å². The molecule has 0 saturated heterocycles. The summed E-state index contributed by atoms with van der Waals surface area (Å²) in [7, 11) is 0. The van der Waals surface area contributed by atoms with Crippen LogP contribution in [0.4, 0.5) is 0 Å². The lowest BCUT2D eigenvalue weighted by molar-refractivity contribution is -0.0413. The van der Waals surface area contributed by atoms with E-state index in [1.54, 1.807) is 13.8 Å². The third-order valence-corrected chi connectivity index (χ3v) is 0.988. The zero-order chi connectivity index (χ0) is 9.28. The van der Waals surface area contributed by atoms with Crippen molar-refractivity contribution in [3.8, 4) is 0 Å². The van der Waals surface area contributed by atoms with Gasteiger partial charge >= 0.3 is 0 Å². The van der Waals surface area contributed by atoms with E-state index in [1.807, 2.05) is 0 Å². The summed E-state index contributed by atoms with van der Waals surface area (Å²) in [5, 5.41) is 32.2. The number of hydrogen-bond acceptors (Lipinski definition) is 4. The summed E-state index contributed by atoms with van der Waals surface area (Å²) in [5.74, 6) is 0.0463. The van der Waals surface area contributed by atoms with Gasteiger partial charge in [-0.1, -0.05) is 13.8 Å². The first kappa shape index (κ1) is 13.4. The van der Waals surface area contributed by atoms with Gasteiger partial charge in [-0.05, 0) is 6.42 Å². The summed E-state index contributed by atoms with van der Waals surface area (Å²) in [6, 6.07) is 0. The highest BCUT2D eigenvalue weighted by Gasteiger charge is 1.91. The van der Waals surface area contributed by atoms with Gasteiger partial charge in [0.1, 0.15) is 0 Å². The van der Waals surface area contributed by atoms with Gasteiger partial charge in [-0.3, -0.25) is 0 Å². The minimum Gasteiger partial charge on any atom is -0.396 e. The van der Waals surface area contributed by atoms with Gasteiger partial charge in [0.05, 0.1) is 0 Å². The fraction of sp³-hybridized carbons (Fsp3) is 1.00. The molecule has 0 atom stereocenters. The summed E-state index contributed by atoms with van der Waals surface area (Å²) in [6.45, 7) is 3.64. The molecule has 0 unspecified atom stereocenters. The standard InChI is InChI=1S/C4H10O2.C3H8O2/c1-4(2-5)3-6;1-2-3(4)5/h4-6H,2-3H2,1H3;3-5H,2H2,1H3. The fourth-order valence-corrected chi connectivity index (χ4v) is 0.0577. The van der Waals surface area contributed by atoms with Crippen LogP contribution in [0.25, 0.3) is 0 Å². The second kappa shape index (κ2) is 9.84. The van der Waals surface area contributed by atoms with E-state index >= 15 is 0 Å². The van der Waals surface area contributed by atoms with Crippen molar-refractivity contribution >= 4 is 0 Å². The molecule has 0 aromatic heterocycles. The first-order valence-electron chi connectivity index (χ1n) is 3.66. The van der Waals surface area contributed by atoms with Crippen LogP contribution in [-0.4, -0.2) is 39.9 Å². The van der Waals surface area contributed by atoms with E-state index in [1.165, 1.54) is 0 Å². The lowest BCUT2D eigenvalue weighted by Gasteiger charge is -1.97. The van der Waals surface area contributed by atoms with Crippen LogP contribution in [0.3, 0.4) is 0 Å².